The Balaban J connectivity index is 1.83. The van der Waals surface area contributed by atoms with E-state index in [9.17, 15) is 0 Å². The molecule has 0 fully saturated rings. The third-order valence-corrected chi connectivity index (χ3v) is 3.85. The quantitative estimate of drug-likeness (QED) is 0.803. The van der Waals surface area contributed by atoms with Gasteiger partial charge in [0.1, 0.15) is 4.32 Å². The first kappa shape index (κ1) is 13.4. The Kier molecular flexibility index (Phi) is 5.05. The topological polar surface area (TPSA) is 12.0 Å². The predicted octanol–water partition coefficient (Wildman–Crippen LogP) is 4.97. The van der Waals surface area contributed by atoms with E-state index in [0.29, 0.717) is 0 Å². The van der Waals surface area contributed by atoms with Crippen LogP contribution < -0.4 is 5.32 Å². The Bertz CT molecular complexity index is 511. The van der Waals surface area contributed by atoms with Crippen LogP contribution in [0.2, 0.25) is 5.02 Å². The molecule has 0 aromatic heterocycles. The molecule has 18 heavy (non-hydrogen) atoms. The highest BCUT2D eigenvalue weighted by Gasteiger charge is 2.00. The average Bonchev–Trinajstić information content (AvgIpc) is 2.39. The second-order valence-corrected chi connectivity index (χ2v) is 5.78. The van der Waals surface area contributed by atoms with Gasteiger partial charge in [0.05, 0.1) is 0 Å². The van der Waals surface area contributed by atoms with Gasteiger partial charge in [-0.15, -0.1) is 0 Å². The smallest absolute Gasteiger partial charge is 0.138 e. The number of hydrogen-bond acceptors (Lipinski definition) is 2. The van der Waals surface area contributed by atoms with Gasteiger partial charge in [0.25, 0.3) is 0 Å². The Morgan fingerprint density at radius 1 is 1.06 bits per heavy atom. The van der Waals surface area contributed by atoms with Crippen molar-refractivity contribution in [1.82, 2.24) is 0 Å². The molecule has 0 radical (unpaired) electrons. The summed E-state index contributed by atoms with van der Waals surface area (Å²) in [5, 5.41) is 3.95. The van der Waals surface area contributed by atoms with E-state index in [2.05, 4.69) is 5.32 Å². The molecule has 0 aliphatic carbocycles. The van der Waals surface area contributed by atoms with Gasteiger partial charge in [-0.25, -0.2) is 0 Å². The van der Waals surface area contributed by atoms with Crippen LogP contribution in [-0.2, 0) is 5.75 Å². The highest BCUT2D eigenvalue weighted by atomic mass is 35.5. The summed E-state index contributed by atoms with van der Waals surface area (Å²) < 4.78 is 0.774. The Labute approximate surface area is 122 Å². The fourth-order valence-electron chi connectivity index (χ4n) is 1.40. The van der Waals surface area contributed by atoms with Crippen molar-refractivity contribution in [2.75, 3.05) is 5.32 Å². The van der Waals surface area contributed by atoms with Crippen LogP contribution in [0.5, 0.6) is 0 Å². The molecule has 92 valence electrons. The third-order valence-electron chi connectivity index (χ3n) is 2.30. The molecule has 0 aliphatic heterocycles. The summed E-state index contributed by atoms with van der Waals surface area (Å²) in [6.45, 7) is 0. The number of anilines is 1. The highest BCUT2D eigenvalue weighted by Crippen LogP contribution is 2.18. The predicted molar refractivity (Wildman–Crippen MR) is 85.4 cm³/mol. The molecule has 1 N–H and O–H groups in total. The molecule has 1 nitrogen and oxygen atoms in total. The zero-order valence-electron chi connectivity index (χ0n) is 9.60. The van der Waals surface area contributed by atoms with Gasteiger partial charge in [0.15, 0.2) is 0 Å². The summed E-state index contributed by atoms with van der Waals surface area (Å²) in [5.74, 6) is 0.843. The molecule has 0 saturated heterocycles. The summed E-state index contributed by atoms with van der Waals surface area (Å²) in [7, 11) is 0. The highest BCUT2D eigenvalue weighted by molar-refractivity contribution is 8.22. The van der Waals surface area contributed by atoms with Crippen molar-refractivity contribution in [2.45, 2.75) is 5.75 Å². The Morgan fingerprint density at radius 3 is 2.39 bits per heavy atom. The zero-order valence-corrected chi connectivity index (χ0v) is 12.0. The van der Waals surface area contributed by atoms with Crippen LogP contribution in [0.25, 0.3) is 0 Å². The van der Waals surface area contributed by atoms with Crippen molar-refractivity contribution in [3.63, 3.8) is 0 Å². The maximum atomic E-state index is 5.84. The first-order valence-electron chi connectivity index (χ1n) is 5.47. The lowest BCUT2D eigenvalue weighted by Gasteiger charge is -2.07. The van der Waals surface area contributed by atoms with Gasteiger partial charge in [0, 0.05) is 16.5 Å². The molecule has 0 saturated carbocycles. The lowest BCUT2D eigenvalue weighted by atomic mass is 10.2. The first-order chi connectivity index (χ1) is 8.74. The molecule has 0 bridgehead atoms. The van der Waals surface area contributed by atoms with E-state index in [4.69, 9.17) is 23.8 Å². The van der Waals surface area contributed by atoms with E-state index in [1.807, 2.05) is 54.6 Å². The maximum absolute atomic E-state index is 5.84. The van der Waals surface area contributed by atoms with Gasteiger partial charge in [-0.1, -0.05) is 65.9 Å². The number of halogens is 1. The van der Waals surface area contributed by atoms with Crippen molar-refractivity contribution >= 4 is 45.6 Å². The first-order valence-corrected chi connectivity index (χ1v) is 7.24. The van der Waals surface area contributed by atoms with E-state index in [1.54, 1.807) is 11.8 Å². The molecule has 0 amide bonds. The lowest BCUT2D eigenvalue weighted by Crippen LogP contribution is -2.04. The largest absolute Gasteiger partial charge is 0.341 e. The number of thiocarbonyl (C=S) groups is 1. The van der Waals surface area contributed by atoms with E-state index in [0.717, 1.165) is 20.8 Å². The van der Waals surface area contributed by atoms with Crippen molar-refractivity contribution in [3.8, 4) is 0 Å². The number of benzene rings is 2. The van der Waals surface area contributed by atoms with Gasteiger partial charge >= 0.3 is 0 Å². The van der Waals surface area contributed by atoms with Crippen LogP contribution in [0.3, 0.4) is 0 Å². The molecule has 0 aliphatic rings. The van der Waals surface area contributed by atoms with Crippen molar-refractivity contribution in [3.05, 3.63) is 65.2 Å². The van der Waals surface area contributed by atoms with Crippen LogP contribution >= 0.6 is 35.6 Å². The molecule has 0 heterocycles. The molecule has 2 aromatic rings. The van der Waals surface area contributed by atoms with Crippen LogP contribution in [0.15, 0.2) is 54.6 Å². The van der Waals surface area contributed by atoms with Crippen LogP contribution in [0, 0.1) is 0 Å². The van der Waals surface area contributed by atoms with E-state index in [1.165, 1.54) is 5.56 Å². The van der Waals surface area contributed by atoms with Gasteiger partial charge in [-0.3, -0.25) is 0 Å². The minimum Gasteiger partial charge on any atom is -0.341 e. The zero-order chi connectivity index (χ0) is 12.8. The standard InChI is InChI=1S/C14H12ClNS2/c15-12-8-6-11(7-9-12)10-18-14(17)16-13-4-2-1-3-5-13/h1-9H,10H2,(H,16,17). The fourth-order valence-corrected chi connectivity index (χ4v) is 2.51. The van der Waals surface area contributed by atoms with Crippen molar-refractivity contribution in [2.24, 2.45) is 0 Å². The lowest BCUT2D eigenvalue weighted by molar-refractivity contribution is 1.42. The molecule has 0 spiro atoms. The molecule has 4 heteroatoms. The van der Waals surface area contributed by atoms with Gasteiger partial charge in [0.2, 0.25) is 0 Å². The third kappa shape index (κ3) is 4.33. The normalized spacial score (nSPS) is 10.1. The van der Waals surface area contributed by atoms with Gasteiger partial charge < -0.3 is 5.32 Å². The number of para-hydroxylation sites is 1. The summed E-state index contributed by atoms with van der Waals surface area (Å²) in [6.07, 6.45) is 0. The minimum atomic E-state index is 0.758. The molecular weight excluding hydrogens is 282 g/mol. The molecule has 2 rings (SSSR count). The van der Waals surface area contributed by atoms with Crippen molar-refractivity contribution < 1.29 is 0 Å². The van der Waals surface area contributed by atoms with Crippen LogP contribution in [0.4, 0.5) is 5.69 Å². The molecule has 0 atom stereocenters. The fraction of sp³-hybridized carbons (Fsp3) is 0.0714. The minimum absolute atomic E-state index is 0.758. The van der Waals surface area contributed by atoms with Crippen LogP contribution in [-0.4, -0.2) is 4.32 Å². The summed E-state index contributed by atoms with van der Waals surface area (Å²) in [6, 6.07) is 17.8. The van der Waals surface area contributed by atoms with Crippen molar-refractivity contribution in [1.29, 1.82) is 0 Å². The molecule has 0 unspecified atom stereocenters. The van der Waals surface area contributed by atoms with Gasteiger partial charge in [-0.2, -0.15) is 0 Å². The van der Waals surface area contributed by atoms with Gasteiger partial charge in [-0.05, 0) is 29.8 Å². The molecular formula is C14H12ClNS2. The number of nitrogens with one attached hydrogen (secondary N) is 1. The number of rotatable bonds is 3. The average molecular weight is 294 g/mol. The Morgan fingerprint density at radius 2 is 1.72 bits per heavy atom. The SMILES string of the molecule is S=C(Nc1ccccc1)SCc1ccc(Cl)cc1. The molecule has 2 aromatic carbocycles. The van der Waals surface area contributed by atoms with Crippen LogP contribution in [0.1, 0.15) is 5.56 Å². The van der Waals surface area contributed by atoms with E-state index in [-0.39, 0.29) is 0 Å². The summed E-state index contributed by atoms with van der Waals surface area (Å²) in [5.41, 5.74) is 2.23. The Hall–Kier alpha value is -1.03. The summed E-state index contributed by atoms with van der Waals surface area (Å²) >= 11 is 12.7. The maximum Gasteiger partial charge on any atom is 0.138 e. The second kappa shape index (κ2) is 6.78. The summed E-state index contributed by atoms with van der Waals surface area (Å²) in [4.78, 5) is 0. The van der Waals surface area contributed by atoms with E-state index < -0.39 is 0 Å². The second-order valence-electron chi connectivity index (χ2n) is 3.69. The number of thioether (sulfide) groups is 1. The van der Waals surface area contributed by atoms with E-state index >= 15 is 0 Å². The monoisotopic (exact) mass is 293 g/mol. The number of hydrogen-bond donors (Lipinski definition) is 1.